The van der Waals surface area contributed by atoms with Crippen molar-refractivity contribution in [1.29, 1.82) is 0 Å². The van der Waals surface area contributed by atoms with E-state index >= 15 is 0 Å². The molecule has 1 atom stereocenters. The zero-order valence-electron chi connectivity index (χ0n) is 11.7. The molecule has 1 fully saturated rings. The lowest BCUT2D eigenvalue weighted by Gasteiger charge is -2.12. The van der Waals surface area contributed by atoms with E-state index < -0.39 is 0 Å². The third-order valence-electron chi connectivity index (χ3n) is 3.51. The first-order valence-corrected chi connectivity index (χ1v) is 6.84. The number of anilines is 1. The van der Waals surface area contributed by atoms with Crippen LogP contribution in [-0.4, -0.2) is 31.7 Å². The number of hydrogen-bond donors (Lipinski definition) is 2. The van der Waals surface area contributed by atoms with Crippen molar-refractivity contribution >= 4 is 11.6 Å². The van der Waals surface area contributed by atoms with Gasteiger partial charge in [-0.25, -0.2) is 0 Å². The summed E-state index contributed by atoms with van der Waals surface area (Å²) < 4.78 is 5.46. The minimum Gasteiger partial charge on any atom is -0.376 e. The van der Waals surface area contributed by atoms with Crippen LogP contribution in [0.25, 0.3) is 0 Å². The van der Waals surface area contributed by atoms with Crippen LogP contribution in [-0.2, 0) is 9.53 Å². The van der Waals surface area contributed by atoms with Crippen molar-refractivity contribution in [1.82, 2.24) is 5.32 Å². The third-order valence-corrected chi connectivity index (χ3v) is 3.51. The number of carbonyl (C=O) groups is 1. The van der Waals surface area contributed by atoms with Gasteiger partial charge in [-0.15, -0.1) is 0 Å². The van der Waals surface area contributed by atoms with E-state index in [9.17, 15) is 4.79 Å². The van der Waals surface area contributed by atoms with Crippen LogP contribution >= 0.6 is 0 Å². The van der Waals surface area contributed by atoms with Crippen molar-refractivity contribution in [3.8, 4) is 0 Å². The molecule has 1 amide bonds. The molecule has 0 saturated carbocycles. The van der Waals surface area contributed by atoms with Gasteiger partial charge in [0.2, 0.25) is 5.91 Å². The van der Waals surface area contributed by atoms with Gasteiger partial charge in [0.05, 0.1) is 12.6 Å². The van der Waals surface area contributed by atoms with Crippen LogP contribution in [0.3, 0.4) is 0 Å². The fraction of sp³-hybridized carbons (Fsp3) is 0.533. The number of aryl methyl sites for hydroxylation is 2. The molecule has 1 aromatic carbocycles. The van der Waals surface area contributed by atoms with Crippen LogP contribution < -0.4 is 10.6 Å². The standard InChI is InChI=1S/C15H22N2O2/c1-11-5-6-13(8-12(11)2)16-10-15(18)17-9-14-4-3-7-19-14/h5-6,8,14,16H,3-4,7,9-10H2,1-2H3,(H,17,18). The van der Waals surface area contributed by atoms with Crippen LogP contribution in [0.5, 0.6) is 0 Å². The Morgan fingerprint density at radius 3 is 2.89 bits per heavy atom. The Hall–Kier alpha value is -1.55. The molecular weight excluding hydrogens is 240 g/mol. The second kappa shape index (κ2) is 6.57. The van der Waals surface area contributed by atoms with Crippen molar-refractivity contribution in [3.05, 3.63) is 29.3 Å². The topological polar surface area (TPSA) is 50.4 Å². The van der Waals surface area contributed by atoms with Gasteiger partial charge in [0.1, 0.15) is 0 Å². The van der Waals surface area contributed by atoms with Gasteiger partial charge in [0.15, 0.2) is 0 Å². The summed E-state index contributed by atoms with van der Waals surface area (Å²) in [5, 5.41) is 6.03. The van der Waals surface area contributed by atoms with E-state index in [4.69, 9.17) is 4.74 Å². The van der Waals surface area contributed by atoms with Gasteiger partial charge in [-0.3, -0.25) is 4.79 Å². The van der Waals surface area contributed by atoms with E-state index in [1.165, 1.54) is 11.1 Å². The Kier molecular flexibility index (Phi) is 4.80. The average molecular weight is 262 g/mol. The Bertz CT molecular complexity index is 440. The Labute approximate surface area is 114 Å². The molecule has 0 aliphatic carbocycles. The fourth-order valence-corrected chi connectivity index (χ4v) is 2.13. The third kappa shape index (κ3) is 4.24. The minimum absolute atomic E-state index is 0.00808. The summed E-state index contributed by atoms with van der Waals surface area (Å²) in [5.74, 6) is 0.00808. The van der Waals surface area contributed by atoms with Crippen molar-refractivity contribution in [2.45, 2.75) is 32.8 Å². The van der Waals surface area contributed by atoms with Gasteiger partial charge in [-0.1, -0.05) is 6.07 Å². The lowest BCUT2D eigenvalue weighted by molar-refractivity contribution is -0.119. The average Bonchev–Trinajstić information content (AvgIpc) is 2.91. The van der Waals surface area contributed by atoms with Crippen molar-refractivity contribution in [3.63, 3.8) is 0 Å². The second-order valence-electron chi connectivity index (χ2n) is 5.09. The molecule has 2 rings (SSSR count). The summed E-state index contributed by atoms with van der Waals surface area (Å²) >= 11 is 0. The highest BCUT2D eigenvalue weighted by molar-refractivity contribution is 5.80. The summed E-state index contributed by atoms with van der Waals surface area (Å²) in [6.07, 6.45) is 2.34. The highest BCUT2D eigenvalue weighted by atomic mass is 16.5. The van der Waals surface area contributed by atoms with Crippen LogP contribution in [0.15, 0.2) is 18.2 Å². The van der Waals surface area contributed by atoms with Crippen LogP contribution in [0.1, 0.15) is 24.0 Å². The fourth-order valence-electron chi connectivity index (χ4n) is 2.13. The molecule has 1 aliphatic heterocycles. The molecule has 19 heavy (non-hydrogen) atoms. The number of rotatable bonds is 5. The van der Waals surface area contributed by atoms with E-state index in [0.29, 0.717) is 13.1 Å². The van der Waals surface area contributed by atoms with Crippen LogP contribution in [0.2, 0.25) is 0 Å². The normalized spacial score (nSPS) is 18.3. The molecule has 1 unspecified atom stereocenters. The smallest absolute Gasteiger partial charge is 0.239 e. The molecule has 1 aromatic rings. The zero-order chi connectivity index (χ0) is 13.7. The molecule has 0 aromatic heterocycles. The van der Waals surface area contributed by atoms with E-state index in [1.54, 1.807) is 0 Å². The first kappa shape index (κ1) is 13.9. The summed E-state index contributed by atoms with van der Waals surface area (Å²) in [6.45, 7) is 5.88. The largest absolute Gasteiger partial charge is 0.376 e. The minimum atomic E-state index is 0.00808. The first-order chi connectivity index (χ1) is 9.15. The van der Waals surface area contributed by atoms with Crippen molar-refractivity contribution in [2.24, 2.45) is 0 Å². The van der Waals surface area contributed by atoms with Gasteiger partial charge in [0, 0.05) is 18.8 Å². The molecule has 0 bridgehead atoms. The molecule has 1 aliphatic rings. The number of carbonyl (C=O) groups excluding carboxylic acids is 1. The van der Waals surface area contributed by atoms with Gasteiger partial charge in [0.25, 0.3) is 0 Å². The predicted molar refractivity (Wildman–Crippen MR) is 76.4 cm³/mol. The highest BCUT2D eigenvalue weighted by Crippen LogP contribution is 2.13. The number of hydrogen-bond acceptors (Lipinski definition) is 3. The highest BCUT2D eigenvalue weighted by Gasteiger charge is 2.15. The zero-order valence-corrected chi connectivity index (χ0v) is 11.7. The molecule has 4 heteroatoms. The van der Waals surface area contributed by atoms with Crippen LogP contribution in [0, 0.1) is 13.8 Å². The Morgan fingerprint density at radius 1 is 1.37 bits per heavy atom. The van der Waals surface area contributed by atoms with Crippen molar-refractivity contribution < 1.29 is 9.53 Å². The Balaban J connectivity index is 1.71. The maximum Gasteiger partial charge on any atom is 0.239 e. The van der Waals surface area contributed by atoms with E-state index in [0.717, 1.165) is 25.1 Å². The van der Waals surface area contributed by atoms with Crippen molar-refractivity contribution in [2.75, 3.05) is 25.0 Å². The van der Waals surface area contributed by atoms with Gasteiger partial charge < -0.3 is 15.4 Å². The second-order valence-corrected chi connectivity index (χ2v) is 5.09. The molecule has 0 spiro atoms. The predicted octanol–water partition coefficient (Wildman–Crippen LogP) is 2.01. The summed E-state index contributed by atoms with van der Waals surface area (Å²) in [6, 6.07) is 6.11. The van der Waals surface area contributed by atoms with E-state index in [-0.39, 0.29) is 12.0 Å². The monoisotopic (exact) mass is 262 g/mol. The maximum absolute atomic E-state index is 11.7. The SMILES string of the molecule is Cc1ccc(NCC(=O)NCC2CCCO2)cc1C. The van der Waals surface area contributed by atoms with Crippen LogP contribution in [0.4, 0.5) is 5.69 Å². The molecule has 104 valence electrons. The summed E-state index contributed by atoms with van der Waals surface area (Å²) in [7, 11) is 0. The molecule has 0 radical (unpaired) electrons. The first-order valence-electron chi connectivity index (χ1n) is 6.84. The number of nitrogens with one attached hydrogen (secondary N) is 2. The number of amides is 1. The molecular formula is C15H22N2O2. The van der Waals surface area contributed by atoms with Gasteiger partial charge >= 0.3 is 0 Å². The van der Waals surface area contributed by atoms with E-state index in [2.05, 4.69) is 36.6 Å². The van der Waals surface area contributed by atoms with E-state index in [1.807, 2.05) is 6.07 Å². The van der Waals surface area contributed by atoms with Gasteiger partial charge in [-0.05, 0) is 49.9 Å². The molecule has 2 N–H and O–H groups in total. The molecule has 1 heterocycles. The molecule has 1 saturated heterocycles. The Morgan fingerprint density at radius 2 is 2.21 bits per heavy atom. The number of ether oxygens (including phenoxy) is 1. The van der Waals surface area contributed by atoms with Gasteiger partial charge in [-0.2, -0.15) is 0 Å². The quantitative estimate of drug-likeness (QED) is 0.853. The number of benzene rings is 1. The lowest BCUT2D eigenvalue weighted by atomic mass is 10.1. The molecule has 4 nitrogen and oxygen atoms in total. The maximum atomic E-state index is 11.7. The lowest BCUT2D eigenvalue weighted by Crippen LogP contribution is -2.35. The summed E-state index contributed by atoms with van der Waals surface area (Å²) in [4.78, 5) is 11.7. The summed E-state index contributed by atoms with van der Waals surface area (Å²) in [5.41, 5.74) is 3.47.